The van der Waals surface area contributed by atoms with Gasteiger partial charge in [-0.3, -0.25) is 4.57 Å². The van der Waals surface area contributed by atoms with Crippen molar-refractivity contribution in [3.05, 3.63) is 10.5 Å². The molecule has 1 saturated carbocycles. The van der Waals surface area contributed by atoms with Gasteiger partial charge in [0, 0.05) is 20.3 Å². The molecule has 0 atom stereocenters. The van der Waals surface area contributed by atoms with Crippen LogP contribution in [0, 0.1) is 0 Å². The lowest BCUT2D eigenvalue weighted by atomic mass is 10.7. The first-order valence-electron chi connectivity index (χ1n) is 5.11. The fourth-order valence-electron chi connectivity index (χ4n) is 1.42. The summed E-state index contributed by atoms with van der Waals surface area (Å²) in [4.78, 5) is 11.5. The van der Waals surface area contributed by atoms with Crippen LogP contribution in [-0.4, -0.2) is 41.0 Å². The zero-order valence-corrected chi connectivity index (χ0v) is 10.1. The number of hydrogen-bond acceptors (Lipinski definition) is 5. The van der Waals surface area contributed by atoms with Crippen LogP contribution in [0.5, 0.6) is 0 Å². The minimum atomic E-state index is -0.274. The molecule has 6 nitrogen and oxygen atoms in total. The number of aromatic amines is 1. The molecule has 7 heteroatoms. The van der Waals surface area contributed by atoms with Gasteiger partial charge in [0.15, 0.2) is 11.4 Å². The maximum atomic E-state index is 11.5. The van der Waals surface area contributed by atoms with Gasteiger partial charge in [0.25, 0.3) is 0 Å². The molecule has 0 spiro atoms. The Morgan fingerprint density at radius 3 is 2.81 bits per heavy atom. The molecule has 0 aromatic carbocycles. The van der Waals surface area contributed by atoms with E-state index in [2.05, 4.69) is 10.2 Å². The summed E-state index contributed by atoms with van der Waals surface area (Å²) in [6.07, 6.45) is 1.85. The van der Waals surface area contributed by atoms with Crippen molar-refractivity contribution in [3.63, 3.8) is 0 Å². The van der Waals surface area contributed by atoms with Crippen LogP contribution >= 0.6 is 11.8 Å². The maximum Gasteiger partial charge on any atom is 0.344 e. The van der Waals surface area contributed by atoms with Crippen molar-refractivity contribution in [1.29, 1.82) is 0 Å². The number of nitrogens with zero attached hydrogens (tertiary/aromatic N) is 2. The molecule has 0 aliphatic heterocycles. The van der Waals surface area contributed by atoms with Gasteiger partial charge in [-0.15, -0.1) is 5.10 Å². The quantitative estimate of drug-likeness (QED) is 0.587. The second kappa shape index (κ2) is 5.03. The number of H-pyrrole nitrogens is 1. The molecule has 0 amide bonds. The van der Waals surface area contributed by atoms with E-state index in [1.165, 1.54) is 11.8 Å². The highest BCUT2D eigenvalue weighted by atomic mass is 32.2. The van der Waals surface area contributed by atoms with Crippen LogP contribution in [-0.2, 0) is 9.47 Å². The topological polar surface area (TPSA) is 69.1 Å². The Hall–Kier alpha value is -0.790. The Bertz CT molecular complexity index is 395. The predicted octanol–water partition coefficient (Wildman–Crippen LogP) is 0.617. The highest BCUT2D eigenvalue weighted by Gasteiger charge is 2.28. The molecule has 0 radical (unpaired) electrons. The van der Waals surface area contributed by atoms with Crippen LogP contribution in [0.4, 0.5) is 0 Å². The third kappa shape index (κ3) is 2.47. The number of ether oxygens (including phenoxy) is 2. The molecule has 90 valence electrons. The first-order chi connectivity index (χ1) is 7.76. The number of aromatic nitrogens is 3. The van der Waals surface area contributed by atoms with E-state index >= 15 is 0 Å². The fraction of sp³-hybridized carbons (Fsp3) is 0.778. The van der Waals surface area contributed by atoms with Crippen molar-refractivity contribution in [3.8, 4) is 0 Å². The summed E-state index contributed by atoms with van der Waals surface area (Å²) >= 11 is 1.46. The average molecular weight is 245 g/mol. The van der Waals surface area contributed by atoms with Crippen molar-refractivity contribution >= 4 is 11.8 Å². The van der Waals surface area contributed by atoms with Crippen LogP contribution in [0.15, 0.2) is 9.95 Å². The fourth-order valence-corrected chi connectivity index (χ4v) is 2.46. The van der Waals surface area contributed by atoms with Gasteiger partial charge in [-0.1, -0.05) is 11.8 Å². The zero-order chi connectivity index (χ0) is 11.5. The van der Waals surface area contributed by atoms with Gasteiger partial charge in [0.1, 0.15) is 0 Å². The Balaban J connectivity index is 2.01. The smallest absolute Gasteiger partial charge is 0.344 e. The first kappa shape index (κ1) is 11.7. The summed E-state index contributed by atoms with van der Waals surface area (Å²) in [5.41, 5.74) is -0.128. The van der Waals surface area contributed by atoms with Gasteiger partial charge >= 0.3 is 5.69 Å². The van der Waals surface area contributed by atoms with E-state index in [-0.39, 0.29) is 12.0 Å². The van der Waals surface area contributed by atoms with Crippen LogP contribution in [0.1, 0.15) is 18.9 Å². The SMILES string of the molecule is COC(CSc1n[nH]c(=O)n1C1CC1)OC. The summed E-state index contributed by atoms with van der Waals surface area (Å²) in [6.45, 7) is 0. The number of methoxy groups -OCH3 is 2. The van der Waals surface area contributed by atoms with E-state index in [0.29, 0.717) is 17.0 Å². The molecule has 1 aromatic heterocycles. The Labute approximate surface area is 97.3 Å². The van der Waals surface area contributed by atoms with E-state index < -0.39 is 0 Å². The molecule has 1 fully saturated rings. The number of nitrogens with one attached hydrogen (secondary N) is 1. The molecule has 1 aliphatic carbocycles. The predicted molar refractivity (Wildman–Crippen MR) is 59.6 cm³/mol. The van der Waals surface area contributed by atoms with E-state index in [1.54, 1.807) is 18.8 Å². The highest BCUT2D eigenvalue weighted by Crippen LogP contribution is 2.36. The van der Waals surface area contributed by atoms with Gasteiger partial charge in [-0.05, 0) is 12.8 Å². The molecule has 0 unspecified atom stereocenters. The van der Waals surface area contributed by atoms with E-state index in [9.17, 15) is 4.79 Å². The molecule has 1 heterocycles. The molecule has 1 aromatic rings. The lowest BCUT2D eigenvalue weighted by molar-refractivity contribution is -0.0842. The average Bonchev–Trinajstić information content (AvgIpc) is 3.05. The molecular formula is C9H15N3O3S. The third-order valence-electron chi connectivity index (χ3n) is 2.46. The van der Waals surface area contributed by atoms with Crippen molar-refractivity contribution in [2.24, 2.45) is 0 Å². The summed E-state index contributed by atoms with van der Waals surface area (Å²) in [6, 6.07) is 0.331. The van der Waals surface area contributed by atoms with Gasteiger partial charge in [0.05, 0.1) is 5.75 Å². The van der Waals surface area contributed by atoms with Gasteiger partial charge < -0.3 is 9.47 Å². The van der Waals surface area contributed by atoms with Crippen LogP contribution in [0.3, 0.4) is 0 Å². The van der Waals surface area contributed by atoms with Crippen LogP contribution < -0.4 is 5.69 Å². The molecule has 2 rings (SSSR count). The number of rotatable bonds is 6. The highest BCUT2D eigenvalue weighted by molar-refractivity contribution is 7.99. The summed E-state index contributed by atoms with van der Waals surface area (Å²) < 4.78 is 11.9. The summed E-state index contributed by atoms with van der Waals surface area (Å²) in [5.74, 6) is 0.615. The largest absolute Gasteiger partial charge is 0.355 e. The lowest BCUT2D eigenvalue weighted by Crippen LogP contribution is -2.18. The minimum absolute atomic E-state index is 0.128. The molecule has 0 bridgehead atoms. The normalized spacial score (nSPS) is 15.9. The monoisotopic (exact) mass is 245 g/mol. The first-order valence-corrected chi connectivity index (χ1v) is 6.10. The second-order valence-electron chi connectivity index (χ2n) is 3.62. The molecule has 16 heavy (non-hydrogen) atoms. The maximum absolute atomic E-state index is 11.5. The third-order valence-corrected chi connectivity index (χ3v) is 3.44. The summed E-state index contributed by atoms with van der Waals surface area (Å²) in [7, 11) is 3.18. The van der Waals surface area contributed by atoms with Crippen molar-refractivity contribution in [2.45, 2.75) is 30.3 Å². The number of thioether (sulfide) groups is 1. The Morgan fingerprint density at radius 1 is 1.56 bits per heavy atom. The zero-order valence-electron chi connectivity index (χ0n) is 9.30. The van der Waals surface area contributed by atoms with E-state index in [1.807, 2.05) is 0 Å². The molecule has 1 N–H and O–H groups in total. The van der Waals surface area contributed by atoms with E-state index in [0.717, 1.165) is 12.8 Å². The van der Waals surface area contributed by atoms with Crippen LogP contribution in [0.2, 0.25) is 0 Å². The van der Waals surface area contributed by atoms with Gasteiger partial charge in [-0.2, -0.15) is 0 Å². The summed E-state index contributed by atoms with van der Waals surface area (Å²) in [5, 5.41) is 7.18. The second-order valence-corrected chi connectivity index (χ2v) is 4.61. The molecule has 0 saturated heterocycles. The van der Waals surface area contributed by atoms with Gasteiger partial charge in [-0.25, -0.2) is 9.89 Å². The van der Waals surface area contributed by atoms with Crippen LogP contribution in [0.25, 0.3) is 0 Å². The minimum Gasteiger partial charge on any atom is -0.355 e. The van der Waals surface area contributed by atoms with Crippen molar-refractivity contribution in [2.75, 3.05) is 20.0 Å². The molecule has 1 aliphatic rings. The standard InChI is InChI=1S/C9H15N3O3S/c1-14-7(15-2)5-16-9-11-10-8(13)12(9)6-3-4-6/h6-7H,3-5H2,1-2H3,(H,10,13). The van der Waals surface area contributed by atoms with E-state index in [4.69, 9.17) is 9.47 Å². The number of hydrogen-bond donors (Lipinski definition) is 1. The Morgan fingerprint density at radius 2 is 2.25 bits per heavy atom. The van der Waals surface area contributed by atoms with Gasteiger partial charge in [0.2, 0.25) is 0 Å². The van der Waals surface area contributed by atoms with Crippen molar-refractivity contribution in [1.82, 2.24) is 14.8 Å². The lowest BCUT2D eigenvalue weighted by Gasteiger charge is -2.12. The Kier molecular flexibility index (Phi) is 3.67. The molecular weight excluding hydrogens is 230 g/mol. The van der Waals surface area contributed by atoms with Crippen molar-refractivity contribution < 1.29 is 9.47 Å².